The number of rotatable bonds is 6. The van der Waals surface area contributed by atoms with Crippen LogP contribution in [0.2, 0.25) is 0 Å². The summed E-state index contributed by atoms with van der Waals surface area (Å²) >= 11 is 0. The lowest BCUT2D eigenvalue weighted by molar-refractivity contribution is -0.137. The quantitative estimate of drug-likeness (QED) is 0.440. The van der Waals surface area contributed by atoms with Crippen molar-refractivity contribution in [1.29, 1.82) is 0 Å². The third-order valence-electron chi connectivity index (χ3n) is 7.52. The Bertz CT molecular complexity index is 1140. The first-order chi connectivity index (χ1) is 17.5. The van der Waals surface area contributed by atoms with Gasteiger partial charge in [-0.25, -0.2) is 0 Å². The summed E-state index contributed by atoms with van der Waals surface area (Å²) in [6, 6.07) is 7.96. The van der Waals surface area contributed by atoms with Gasteiger partial charge >= 0.3 is 6.18 Å². The molecule has 0 amide bonds. The highest BCUT2D eigenvalue weighted by molar-refractivity contribution is 5.90. The lowest BCUT2D eigenvalue weighted by Crippen LogP contribution is -2.36. The van der Waals surface area contributed by atoms with Gasteiger partial charge in [0.25, 0.3) is 0 Å². The molecule has 0 bridgehead atoms. The first-order valence-corrected chi connectivity index (χ1v) is 12.8. The Kier molecular flexibility index (Phi) is 7.85. The first kappa shape index (κ1) is 27.0. The average molecular weight is 516 g/mol. The van der Waals surface area contributed by atoms with Crippen molar-refractivity contribution in [3.8, 4) is 11.5 Å². The lowest BCUT2D eigenvalue weighted by Gasteiger charge is -2.38. The van der Waals surface area contributed by atoms with E-state index in [0.29, 0.717) is 28.5 Å². The van der Waals surface area contributed by atoms with E-state index in [4.69, 9.17) is 14.5 Å². The molecule has 4 rings (SSSR count). The van der Waals surface area contributed by atoms with Gasteiger partial charge in [0.05, 0.1) is 24.4 Å². The second-order valence-corrected chi connectivity index (χ2v) is 11.0. The summed E-state index contributed by atoms with van der Waals surface area (Å²) in [5, 5.41) is 3.46. The molecule has 1 unspecified atom stereocenters. The first-order valence-electron chi connectivity index (χ1n) is 12.8. The maximum absolute atomic E-state index is 12.8. The van der Waals surface area contributed by atoms with Crippen LogP contribution in [0.15, 0.2) is 47.7 Å². The standard InChI is InChI=1S/C29H36F3N3O2/c1-18-24(16-34-27(35-18)19-6-9-21(10-7-19)28(2,3)4)20-8-13-25(26(14-20)36-5)37-17-23-12-11-22(15-33-23)29(30,31)32/h8,11-16,18-19,21H,6-7,9-10,17H2,1-5H3,(H,34,35). The van der Waals surface area contributed by atoms with E-state index in [0.717, 1.165) is 48.0 Å². The molecule has 0 saturated heterocycles. The number of amidine groups is 1. The molecule has 1 aromatic carbocycles. The predicted octanol–water partition coefficient (Wildman–Crippen LogP) is 7.27. The van der Waals surface area contributed by atoms with Crippen LogP contribution in [0.25, 0.3) is 5.57 Å². The molecule has 2 aromatic rings. The number of benzene rings is 1. The van der Waals surface area contributed by atoms with Crippen LogP contribution in [0, 0.1) is 17.3 Å². The van der Waals surface area contributed by atoms with Crippen molar-refractivity contribution in [3.63, 3.8) is 0 Å². The van der Waals surface area contributed by atoms with Crippen molar-refractivity contribution >= 4 is 11.4 Å². The summed E-state index contributed by atoms with van der Waals surface area (Å²) in [6.45, 7) is 9.13. The normalized spacial score (nSPS) is 22.5. The molecule has 1 aliphatic carbocycles. The van der Waals surface area contributed by atoms with Crippen molar-refractivity contribution in [2.45, 2.75) is 72.2 Å². The summed E-state index contributed by atoms with van der Waals surface area (Å²) in [5.74, 6) is 3.35. The summed E-state index contributed by atoms with van der Waals surface area (Å²) in [5.41, 5.74) is 1.99. The highest BCUT2D eigenvalue weighted by Gasteiger charge is 2.33. The molecular formula is C29H36F3N3O2. The third kappa shape index (κ3) is 6.46. The zero-order valence-corrected chi connectivity index (χ0v) is 22.2. The summed E-state index contributed by atoms with van der Waals surface area (Å²) in [6.07, 6.45) is 3.25. The monoisotopic (exact) mass is 515 g/mol. The van der Waals surface area contributed by atoms with Crippen LogP contribution in [0.5, 0.6) is 11.5 Å². The molecule has 0 radical (unpaired) electrons. The molecule has 200 valence electrons. The van der Waals surface area contributed by atoms with Crippen LogP contribution >= 0.6 is 0 Å². The summed E-state index contributed by atoms with van der Waals surface area (Å²) < 4.78 is 49.6. The number of pyridine rings is 1. The summed E-state index contributed by atoms with van der Waals surface area (Å²) in [7, 11) is 1.56. The Morgan fingerprint density at radius 3 is 2.30 bits per heavy atom. The minimum absolute atomic E-state index is 0.00408. The Hall–Kier alpha value is -3.03. The third-order valence-corrected chi connectivity index (χ3v) is 7.52. The van der Waals surface area contributed by atoms with Crippen molar-refractivity contribution < 1.29 is 22.6 Å². The Morgan fingerprint density at radius 1 is 1.00 bits per heavy atom. The fourth-order valence-electron chi connectivity index (χ4n) is 5.16. The molecule has 1 aromatic heterocycles. The maximum Gasteiger partial charge on any atom is 0.417 e. The van der Waals surface area contributed by atoms with Crippen LogP contribution < -0.4 is 14.8 Å². The van der Waals surface area contributed by atoms with Gasteiger partial charge in [0.15, 0.2) is 11.5 Å². The molecule has 37 heavy (non-hydrogen) atoms. The highest BCUT2D eigenvalue weighted by atomic mass is 19.4. The van der Waals surface area contributed by atoms with E-state index < -0.39 is 11.7 Å². The van der Waals surface area contributed by atoms with E-state index in [1.54, 1.807) is 13.2 Å². The molecule has 1 fully saturated rings. The molecule has 1 saturated carbocycles. The number of ether oxygens (including phenoxy) is 2. The number of halogens is 3. The predicted molar refractivity (Wildman–Crippen MR) is 139 cm³/mol. The van der Waals surface area contributed by atoms with E-state index in [1.807, 2.05) is 18.3 Å². The van der Waals surface area contributed by atoms with Gasteiger partial charge in [-0.2, -0.15) is 13.2 Å². The molecule has 2 aliphatic rings. The van der Waals surface area contributed by atoms with Crippen LogP contribution in [-0.2, 0) is 12.8 Å². The van der Waals surface area contributed by atoms with Gasteiger partial charge in [-0.1, -0.05) is 26.8 Å². The van der Waals surface area contributed by atoms with Crippen LogP contribution in [0.3, 0.4) is 0 Å². The van der Waals surface area contributed by atoms with E-state index in [1.165, 1.54) is 18.9 Å². The topological polar surface area (TPSA) is 55.7 Å². The van der Waals surface area contributed by atoms with Crippen molar-refractivity contribution in [2.24, 2.45) is 22.2 Å². The number of aliphatic imine (C=N–C) groups is 1. The van der Waals surface area contributed by atoms with Gasteiger partial charge in [-0.15, -0.1) is 0 Å². The van der Waals surface area contributed by atoms with Crippen LogP contribution in [0.4, 0.5) is 13.2 Å². The van der Waals surface area contributed by atoms with E-state index in [9.17, 15) is 13.2 Å². The number of hydrogen-bond acceptors (Lipinski definition) is 5. The molecule has 5 nitrogen and oxygen atoms in total. The molecule has 1 N–H and O–H groups in total. The van der Waals surface area contributed by atoms with Crippen molar-refractivity contribution in [3.05, 3.63) is 59.5 Å². The fraction of sp³-hybridized carbons (Fsp3) is 0.517. The van der Waals surface area contributed by atoms with Crippen molar-refractivity contribution in [2.75, 3.05) is 7.11 Å². The van der Waals surface area contributed by atoms with Gasteiger partial charge in [-0.05, 0) is 79.3 Å². The van der Waals surface area contributed by atoms with E-state index >= 15 is 0 Å². The largest absolute Gasteiger partial charge is 0.493 e. The molecule has 1 atom stereocenters. The molecular weight excluding hydrogens is 479 g/mol. The second kappa shape index (κ2) is 10.8. The van der Waals surface area contributed by atoms with E-state index in [2.05, 4.69) is 38.0 Å². The zero-order valence-electron chi connectivity index (χ0n) is 22.2. The average Bonchev–Trinajstić information content (AvgIpc) is 2.86. The summed E-state index contributed by atoms with van der Waals surface area (Å²) in [4.78, 5) is 8.87. The van der Waals surface area contributed by atoms with E-state index in [-0.39, 0.29) is 12.6 Å². The van der Waals surface area contributed by atoms with Gasteiger partial charge in [0, 0.05) is 18.3 Å². The molecule has 0 spiro atoms. The van der Waals surface area contributed by atoms with Gasteiger partial charge < -0.3 is 14.8 Å². The Balaban J connectivity index is 1.39. The Morgan fingerprint density at radius 2 is 1.73 bits per heavy atom. The number of nitrogens with zero attached hydrogens (tertiary/aromatic N) is 2. The zero-order chi connectivity index (χ0) is 26.8. The molecule has 8 heteroatoms. The number of aromatic nitrogens is 1. The number of alkyl halides is 3. The minimum Gasteiger partial charge on any atom is -0.493 e. The SMILES string of the molecule is COc1cc(C2=CNC(C3CCC(C(C)(C)C)CC3)=NC2C)ccc1OCc1ccc(C(F)(F)F)cn1. The smallest absolute Gasteiger partial charge is 0.417 e. The van der Waals surface area contributed by atoms with Crippen LogP contribution in [-0.4, -0.2) is 24.0 Å². The minimum atomic E-state index is -4.41. The highest BCUT2D eigenvalue weighted by Crippen LogP contribution is 2.41. The van der Waals surface area contributed by atoms with Gasteiger partial charge in [0.2, 0.25) is 0 Å². The van der Waals surface area contributed by atoms with Gasteiger partial charge in [0.1, 0.15) is 12.4 Å². The number of nitrogens with one attached hydrogen (secondary N) is 1. The number of hydrogen-bond donors (Lipinski definition) is 1. The number of methoxy groups -OCH3 is 1. The molecule has 2 heterocycles. The van der Waals surface area contributed by atoms with Crippen molar-refractivity contribution in [1.82, 2.24) is 10.3 Å². The van der Waals surface area contributed by atoms with Crippen LogP contribution in [0.1, 0.15) is 70.2 Å². The lowest BCUT2D eigenvalue weighted by atomic mass is 9.69. The maximum atomic E-state index is 12.8. The second-order valence-electron chi connectivity index (χ2n) is 11.0. The molecule has 1 aliphatic heterocycles. The fourth-order valence-corrected chi connectivity index (χ4v) is 5.16. The Labute approximate surface area is 217 Å². The van der Waals surface area contributed by atoms with Gasteiger partial charge in [-0.3, -0.25) is 9.98 Å².